The summed E-state index contributed by atoms with van der Waals surface area (Å²) in [4.78, 5) is 25.4. The molecular formula is C22H18BrN5O3S. The van der Waals surface area contributed by atoms with Gasteiger partial charge in [-0.25, -0.2) is 18.4 Å². The van der Waals surface area contributed by atoms with Crippen molar-refractivity contribution in [3.05, 3.63) is 71.0 Å². The Morgan fingerprint density at radius 2 is 1.84 bits per heavy atom. The number of benzene rings is 2. The number of fused-ring (bicyclic) bond motifs is 1. The third-order valence-electron chi connectivity index (χ3n) is 4.80. The van der Waals surface area contributed by atoms with E-state index in [-0.39, 0.29) is 27.9 Å². The Hall–Kier alpha value is -3.37. The predicted octanol–water partition coefficient (Wildman–Crippen LogP) is 4.09. The lowest BCUT2D eigenvalue weighted by Gasteiger charge is -2.11. The van der Waals surface area contributed by atoms with Crippen LogP contribution in [0.1, 0.15) is 17.4 Å². The quantitative estimate of drug-likeness (QED) is 0.398. The van der Waals surface area contributed by atoms with E-state index in [1.165, 1.54) is 12.1 Å². The maximum Gasteiger partial charge on any atom is 0.268 e. The average Bonchev–Trinajstić information content (AvgIpc) is 2.78. The summed E-state index contributed by atoms with van der Waals surface area (Å²) in [5.41, 5.74) is 7.81. The Balaban J connectivity index is 1.76. The van der Waals surface area contributed by atoms with Gasteiger partial charge in [-0.2, -0.15) is 4.98 Å². The number of halogens is 1. The molecule has 0 aliphatic heterocycles. The molecule has 0 aliphatic carbocycles. The maximum absolute atomic E-state index is 12.1. The summed E-state index contributed by atoms with van der Waals surface area (Å²) in [5.74, 6) is -0.467. The van der Waals surface area contributed by atoms with Crippen LogP contribution in [0.5, 0.6) is 0 Å². The highest BCUT2D eigenvalue weighted by atomic mass is 79.9. The summed E-state index contributed by atoms with van der Waals surface area (Å²) >= 11 is 3.49. The van der Waals surface area contributed by atoms with Crippen LogP contribution in [-0.4, -0.2) is 35.0 Å². The van der Waals surface area contributed by atoms with Gasteiger partial charge in [-0.15, -0.1) is 0 Å². The molecule has 2 aromatic heterocycles. The van der Waals surface area contributed by atoms with E-state index in [4.69, 9.17) is 5.73 Å². The molecular weight excluding hydrogens is 494 g/mol. The highest BCUT2D eigenvalue weighted by Gasteiger charge is 2.17. The minimum Gasteiger partial charge on any atom is -0.364 e. The van der Waals surface area contributed by atoms with Crippen LogP contribution in [0.25, 0.3) is 22.2 Å². The predicted molar refractivity (Wildman–Crippen MR) is 126 cm³/mol. The fourth-order valence-electron chi connectivity index (χ4n) is 3.16. The number of anilines is 2. The maximum atomic E-state index is 12.1. The zero-order valence-corrected chi connectivity index (χ0v) is 19.3. The van der Waals surface area contributed by atoms with E-state index in [9.17, 15) is 13.2 Å². The molecule has 2 aromatic carbocycles. The monoisotopic (exact) mass is 511 g/mol. The fourth-order valence-corrected chi connectivity index (χ4v) is 4.58. The number of hydrogen-bond acceptors (Lipinski definition) is 7. The number of nitrogens with two attached hydrogens (primary N) is 1. The molecule has 0 fully saturated rings. The van der Waals surface area contributed by atoms with Crippen LogP contribution in [-0.2, 0) is 9.84 Å². The summed E-state index contributed by atoms with van der Waals surface area (Å²) in [5, 5.41) is 3.61. The summed E-state index contributed by atoms with van der Waals surface area (Å²) in [7, 11) is -3.35. The highest BCUT2D eigenvalue weighted by Crippen LogP contribution is 2.32. The Labute approximate surface area is 193 Å². The standard InChI is InChI=1S/C22H18BrN5O3S/c1-2-32(30,31)15-7-5-6-14(11-15)26-22-25-12-13-10-17(16-8-3-4-9-18(16)23)19(20(24)29)27-21(13)28-22/h3-12H,2H2,1H3,(H2,24,29)(H,25,26,27,28). The molecule has 162 valence electrons. The van der Waals surface area contributed by atoms with Gasteiger partial charge in [0, 0.05) is 27.3 Å². The minimum absolute atomic E-state index is 0.00258. The second kappa shape index (κ2) is 8.64. The molecule has 3 N–H and O–H groups in total. The molecule has 10 heteroatoms. The normalized spacial score (nSPS) is 11.4. The lowest BCUT2D eigenvalue weighted by Crippen LogP contribution is -2.15. The van der Waals surface area contributed by atoms with E-state index in [0.29, 0.717) is 16.6 Å². The average molecular weight is 512 g/mol. The zero-order valence-electron chi connectivity index (χ0n) is 16.9. The summed E-state index contributed by atoms with van der Waals surface area (Å²) in [6.07, 6.45) is 1.58. The first kappa shape index (κ1) is 21.8. The molecule has 0 saturated heterocycles. The van der Waals surface area contributed by atoms with E-state index in [1.54, 1.807) is 31.3 Å². The summed E-state index contributed by atoms with van der Waals surface area (Å²) < 4.78 is 25.1. The summed E-state index contributed by atoms with van der Waals surface area (Å²) in [6, 6.07) is 15.6. The van der Waals surface area contributed by atoms with Crippen LogP contribution in [0.3, 0.4) is 0 Å². The number of carbonyl (C=O) groups excluding carboxylic acids is 1. The van der Waals surface area contributed by atoms with Crippen molar-refractivity contribution < 1.29 is 13.2 Å². The zero-order chi connectivity index (χ0) is 22.9. The molecule has 0 aliphatic rings. The minimum atomic E-state index is -3.35. The SMILES string of the molecule is CCS(=O)(=O)c1cccc(Nc2ncc3cc(-c4ccccc4Br)c(C(N)=O)nc3n2)c1. The van der Waals surface area contributed by atoms with Gasteiger partial charge in [0.05, 0.1) is 10.6 Å². The van der Waals surface area contributed by atoms with E-state index in [0.717, 1.165) is 10.0 Å². The smallest absolute Gasteiger partial charge is 0.268 e. The number of pyridine rings is 1. The molecule has 4 rings (SSSR count). The van der Waals surface area contributed by atoms with Crippen molar-refractivity contribution in [3.63, 3.8) is 0 Å². The number of rotatable bonds is 6. The fraction of sp³-hybridized carbons (Fsp3) is 0.0909. The van der Waals surface area contributed by atoms with Gasteiger partial charge in [-0.05, 0) is 35.9 Å². The van der Waals surface area contributed by atoms with Crippen molar-refractivity contribution in [1.29, 1.82) is 0 Å². The van der Waals surface area contributed by atoms with Crippen molar-refractivity contribution in [2.45, 2.75) is 11.8 Å². The number of aromatic nitrogens is 3. The van der Waals surface area contributed by atoms with Gasteiger partial charge in [0.15, 0.2) is 15.5 Å². The molecule has 32 heavy (non-hydrogen) atoms. The topological polar surface area (TPSA) is 128 Å². The van der Waals surface area contributed by atoms with Crippen LogP contribution in [0.4, 0.5) is 11.6 Å². The molecule has 4 aromatic rings. The molecule has 0 atom stereocenters. The number of sulfone groups is 1. The first-order chi connectivity index (χ1) is 15.3. The Bertz CT molecular complexity index is 1460. The summed E-state index contributed by atoms with van der Waals surface area (Å²) in [6.45, 7) is 1.59. The van der Waals surface area contributed by atoms with Crippen LogP contribution >= 0.6 is 15.9 Å². The molecule has 0 bridgehead atoms. The number of carbonyl (C=O) groups is 1. The molecule has 0 radical (unpaired) electrons. The van der Waals surface area contributed by atoms with Gasteiger partial charge >= 0.3 is 0 Å². The van der Waals surface area contributed by atoms with E-state index in [2.05, 4.69) is 36.2 Å². The van der Waals surface area contributed by atoms with E-state index in [1.807, 2.05) is 24.3 Å². The Morgan fingerprint density at radius 3 is 2.56 bits per heavy atom. The largest absolute Gasteiger partial charge is 0.364 e. The second-order valence-electron chi connectivity index (χ2n) is 6.89. The van der Waals surface area contributed by atoms with Crippen molar-refractivity contribution >= 4 is 54.3 Å². The van der Waals surface area contributed by atoms with E-state index >= 15 is 0 Å². The first-order valence-corrected chi connectivity index (χ1v) is 12.1. The molecule has 0 spiro atoms. The number of nitrogens with zero attached hydrogens (tertiary/aromatic N) is 3. The van der Waals surface area contributed by atoms with Crippen molar-refractivity contribution in [1.82, 2.24) is 15.0 Å². The van der Waals surface area contributed by atoms with E-state index < -0.39 is 15.7 Å². The van der Waals surface area contributed by atoms with Gasteiger partial charge in [-0.1, -0.05) is 47.1 Å². The van der Waals surface area contributed by atoms with Crippen molar-refractivity contribution in [3.8, 4) is 11.1 Å². The molecule has 0 unspecified atom stereocenters. The molecule has 2 heterocycles. The molecule has 1 amide bonds. The van der Waals surface area contributed by atoms with Gasteiger partial charge < -0.3 is 11.1 Å². The number of primary amides is 1. The van der Waals surface area contributed by atoms with Crippen molar-refractivity contribution in [2.75, 3.05) is 11.1 Å². The molecule has 0 saturated carbocycles. The third-order valence-corrected chi connectivity index (χ3v) is 7.22. The number of amides is 1. The van der Waals surface area contributed by atoms with Crippen LogP contribution < -0.4 is 11.1 Å². The van der Waals surface area contributed by atoms with Gasteiger partial charge in [0.1, 0.15) is 5.69 Å². The van der Waals surface area contributed by atoms with Crippen LogP contribution in [0.2, 0.25) is 0 Å². The lowest BCUT2D eigenvalue weighted by molar-refractivity contribution is 0.0996. The number of hydrogen-bond donors (Lipinski definition) is 2. The Kier molecular flexibility index (Phi) is 5.90. The van der Waals surface area contributed by atoms with Gasteiger partial charge in [0.25, 0.3) is 5.91 Å². The van der Waals surface area contributed by atoms with Gasteiger partial charge in [-0.3, -0.25) is 4.79 Å². The Morgan fingerprint density at radius 1 is 1.06 bits per heavy atom. The molecule has 8 nitrogen and oxygen atoms in total. The van der Waals surface area contributed by atoms with Crippen LogP contribution in [0, 0.1) is 0 Å². The van der Waals surface area contributed by atoms with Gasteiger partial charge in [0.2, 0.25) is 5.95 Å². The third kappa shape index (κ3) is 4.32. The highest BCUT2D eigenvalue weighted by molar-refractivity contribution is 9.10. The van der Waals surface area contributed by atoms with Crippen molar-refractivity contribution in [2.24, 2.45) is 5.73 Å². The number of nitrogens with one attached hydrogen (secondary N) is 1. The second-order valence-corrected chi connectivity index (χ2v) is 10.0. The lowest BCUT2D eigenvalue weighted by atomic mass is 10.0. The van der Waals surface area contributed by atoms with Crippen LogP contribution in [0.15, 0.2) is 70.2 Å². The first-order valence-electron chi connectivity index (χ1n) is 9.61.